The molecule has 0 aliphatic heterocycles. The number of nitrogens with zero attached hydrogens (tertiary/aromatic N) is 1. The maximum absolute atomic E-state index is 12.4. The molecule has 0 unspecified atom stereocenters. The summed E-state index contributed by atoms with van der Waals surface area (Å²) in [5, 5.41) is 9.28. The van der Waals surface area contributed by atoms with Gasteiger partial charge in [-0.2, -0.15) is 0 Å². The van der Waals surface area contributed by atoms with E-state index in [9.17, 15) is 9.90 Å². The molecule has 1 aromatic heterocycles. The van der Waals surface area contributed by atoms with E-state index in [2.05, 4.69) is 6.92 Å². The van der Waals surface area contributed by atoms with Gasteiger partial charge in [-0.25, -0.2) is 0 Å². The minimum absolute atomic E-state index is 0.0185. The fourth-order valence-corrected chi connectivity index (χ4v) is 2.41. The standard InChI is InChI=1S/C18H23NO3/c1-4-11-22-16-8-5-14(6-9-16)17-10-7-15(12-20)18(21)19(17)13(2)3/h5-10,13,20H,4,11-12H2,1-3H3. The molecule has 118 valence electrons. The maximum atomic E-state index is 12.4. The smallest absolute Gasteiger partial charge is 0.256 e. The number of hydrogen-bond acceptors (Lipinski definition) is 3. The van der Waals surface area contributed by atoms with E-state index in [-0.39, 0.29) is 18.2 Å². The van der Waals surface area contributed by atoms with E-state index < -0.39 is 0 Å². The van der Waals surface area contributed by atoms with Gasteiger partial charge in [-0.1, -0.05) is 6.92 Å². The van der Waals surface area contributed by atoms with Crippen LogP contribution >= 0.6 is 0 Å². The van der Waals surface area contributed by atoms with Gasteiger partial charge in [0.25, 0.3) is 5.56 Å². The molecule has 4 nitrogen and oxygen atoms in total. The molecule has 0 saturated carbocycles. The molecule has 0 aliphatic carbocycles. The fourth-order valence-electron chi connectivity index (χ4n) is 2.41. The summed E-state index contributed by atoms with van der Waals surface area (Å²) in [6.45, 7) is 6.45. The normalized spacial score (nSPS) is 11.0. The van der Waals surface area contributed by atoms with E-state index in [1.807, 2.05) is 44.2 Å². The summed E-state index contributed by atoms with van der Waals surface area (Å²) >= 11 is 0. The van der Waals surface area contributed by atoms with Crippen LogP contribution in [0.3, 0.4) is 0 Å². The van der Waals surface area contributed by atoms with Gasteiger partial charge in [-0.05, 0) is 62.2 Å². The van der Waals surface area contributed by atoms with Crippen molar-refractivity contribution in [3.63, 3.8) is 0 Å². The Hall–Kier alpha value is -2.07. The van der Waals surface area contributed by atoms with Crippen molar-refractivity contribution in [3.8, 4) is 17.0 Å². The van der Waals surface area contributed by atoms with Crippen LogP contribution in [0.2, 0.25) is 0 Å². The summed E-state index contributed by atoms with van der Waals surface area (Å²) in [6, 6.07) is 11.3. The van der Waals surface area contributed by atoms with Crippen molar-refractivity contribution in [2.24, 2.45) is 0 Å². The van der Waals surface area contributed by atoms with Crippen LogP contribution in [0, 0.1) is 0 Å². The molecule has 0 aliphatic rings. The molecule has 0 bridgehead atoms. The lowest BCUT2D eigenvalue weighted by atomic mass is 10.1. The third kappa shape index (κ3) is 3.39. The van der Waals surface area contributed by atoms with Gasteiger partial charge in [-0.15, -0.1) is 0 Å². The molecule has 1 aromatic carbocycles. The Labute approximate surface area is 131 Å². The third-order valence-corrected chi connectivity index (χ3v) is 3.51. The number of aliphatic hydroxyl groups excluding tert-OH is 1. The first-order valence-electron chi connectivity index (χ1n) is 7.67. The zero-order valence-corrected chi connectivity index (χ0v) is 13.4. The number of rotatable bonds is 6. The predicted octanol–water partition coefficient (Wildman–Crippen LogP) is 3.38. The topological polar surface area (TPSA) is 51.5 Å². The number of aliphatic hydroxyl groups is 1. The molecule has 0 fully saturated rings. The molecule has 1 N–H and O–H groups in total. The Kier molecular flexibility index (Phi) is 5.39. The minimum atomic E-state index is -0.240. The summed E-state index contributed by atoms with van der Waals surface area (Å²) in [7, 11) is 0. The van der Waals surface area contributed by atoms with Gasteiger partial charge < -0.3 is 14.4 Å². The van der Waals surface area contributed by atoms with Gasteiger partial charge >= 0.3 is 0 Å². The number of pyridine rings is 1. The molecular formula is C18H23NO3. The molecule has 2 aromatic rings. The van der Waals surface area contributed by atoms with Gasteiger partial charge in [0.2, 0.25) is 0 Å². The van der Waals surface area contributed by atoms with Gasteiger partial charge in [-0.3, -0.25) is 4.79 Å². The fraction of sp³-hybridized carbons (Fsp3) is 0.389. The highest BCUT2D eigenvalue weighted by Gasteiger charge is 2.12. The Morgan fingerprint density at radius 1 is 1.14 bits per heavy atom. The van der Waals surface area contributed by atoms with E-state index >= 15 is 0 Å². The van der Waals surface area contributed by atoms with Crippen molar-refractivity contribution in [1.82, 2.24) is 4.57 Å². The summed E-state index contributed by atoms with van der Waals surface area (Å²) in [5.74, 6) is 0.830. The first-order chi connectivity index (χ1) is 10.6. The lowest BCUT2D eigenvalue weighted by Crippen LogP contribution is -2.26. The molecule has 22 heavy (non-hydrogen) atoms. The second-order valence-corrected chi connectivity index (χ2v) is 5.54. The highest BCUT2D eigenvalue weighted by atomic mass is 16.5. The third-order valence-electron chi connectivity index (χ3n) is 3.51. The Balaban J connectivity index is 2.44. The molecule has 4 heteroatoms. The van der Waals surface area contributed by atoms with Crippen molar-refractivity contribution in [1.29, 1.82) is 0 Å². The summed E-state index contributed by atoms with van der Waals surface area (Å²) in [4.78, 5) is 12.4. The molecule has 0 spiro atoms. The summed E-state index contributed by atoms with van der Waals surface area (Å²) in [6.07, 6.45) is 0.970. The van der Waals surface area contributed by atoms with Crippen LogP contribution in [0.1, 0.15) is 38.8 Å². The number of benzene rings is 1. The SMILES string of the molecule is CCCOc1ccc(-c2ccc(CO)c(=O)n2C(C)C)cc1. The van der Waals surface area contributed by atoms with Crippen LogP contribution in [0.4, 0.5) is 0 Å². The minimum Gasteiger partial charge on any atom is -0.494 e. The van der Waals surface area contributed by atoms with Crippen molar-refractivity contribution >= 4 is 0 Å². The second kappa shape index (κ2) is 7.27. The van der Waals surface area contributed by atoms with Crippen LogP contribution in [0.15, 0.2) is 41.2 Å². The molecular weight excluding hydrogens is 278 g/mol. The molecule has 2 rings (SSSR count). The van der Waals surface area contributed by atoms with Gasteiger partial charge in [0, 0.05) is 11.6 Å². The van der Waals surface area contributed by atoms with Crippen LogP contribution in [-0.4, -0.2) is 16.3 Å². The molecule has 0 saturated heterocycles. The number of aromatic nitrogens is 1. The predicted molar refractivity (Wildman–Crippen MR) is 88.2 cm³/mol. The average molecular weight is 301 g/mol. The summed E-state index contributed by atoms with van der Waals surface area (Å²) in [5.41, 5.74) is 2.08. The van der Waals surface area contributed by atoms with Gasteiger partial charge in [0.15, 0.2) is 0 Å². The van der Waals surface area contributed by atoms with Gasteiger partial charge in [0.1, 0.15) is 5.75 Å². The van der Waals surface area contributed by atoms with Crippen LogP contribution in [0.5, 0.6) is 5.75 Å². The largest absolute Gasteiger partial charge is 0.494 e. The number of ether oxygens (including phenoxy) is 1. The van der Waals surface area contributed by atoms with E-state index in [4.69, 9.17) is 4.74 Å². The lowest BCUT2D eigenvalue weighted by Gasteiger charge is -2.18. The molecule has 0 radical (unpaired) electrons. The van der Waals surface area contributed by atoms with E-state index in [1.54, 1.807) is 10.6 Å². The summed E-state index contributed by atoms with van der Waals surface area (Å²) < 4.78 is 7.30. The quantitative estimate of drug-likeness (QED) is 0.890. The van der Waals surface area contributed by atoms with Crippen molar-refractivity contribution in [2.45, 2.75) is 39.8 Å². The molecule has 1 heterocycles. The first-order valence-corrected chi connectivity index (χ1v) is 7.67. The second-order valence-electron chi connectivity index (χ2n) is 5.54. The van der Waals surface area contributed by atoms with E-state index in [0.29, 0.717) is 12.2 Å². The maximum Gasteiger partial charge on any atom is 0.256 e. The Morgan fingerprint density at radius 3 is 2.36 bits per heavy atom. The van der Waals surface area contributed by atoms with Crippen LogP contribution in [0.25, 0.3) is 11.3 Å². The molecule has 0 amide bonds. The zero-order chi connectivity index (χ0) is 16.1. The zero-order valence-electron chi connectivity index (χ0n) is 13.4. The van der Waals surface area contributed by atoms with E-state index in [1.165, 1.54) is 0 Å². The first kappa shape index (κ1) is 16.3. The number of hydrogen-bond donors (Lipinski definition) is 1. The van der Waals surface area contributed by atoms with Crippen molar-refractivity contribution < 1.29 is 9.84 Å². The van der Waals surface area contributed by atoms with E-state index in [0.717, 1.165) is 23.4 Å². The molecule has 0 atom stereocenters. The lowest BCUT2D eigenvalue weighted by molar-refractivity contribution is 0.279. The van der Waals surface area contributed by atoms with Crippen LogP contribution in [-0.2, 0) is 6.61 Å². The van der Waals surface area contributed by atoms with Crippen LogP contribution < -0.4 is 10.3 Å². The monoisotopic (exact) mass is 301 g/mol. The average Bonchev–Trinajstić information content (AvgIpc) is 2.52. The Bertz CT molecular complexity index is 672. The highest BCUT2D eigenvalue weighted by molar-refractivity contribution is 5.61. The van der Waals surface area contributed by atoms with Crippen molar-refractivity contribution in [2.75, 3.05) is 6.61 Å². The Morgan fingerprint density at radius 2 is 1.82 bits per heavy atom. The highest BCUT2D eigenvalue weighted by Crippen LogP contribution is 2.24. The van der Waals surface area contributed by atoms with Gasteiger partial charge in [0.05, 0.1) is 18.9 Å². The van der Waals surface area contributed by atoms with Crippen molar-refractivity contribution in [3.05, 3.63) is 52.3 Å².